The molecule has 0 saturated heterocycles. The van der Waals surface area contributed by atoms with Crippen LogP contribution in [-0.4, -0.2) is 50.1 Å². The van der Waals surface area contributed by atoms with Crippen molar-refractivity contribution in [1.82, 2.24) is 0 Å². The smallest absolute Gasteiger partial charge is 0.325 e. The third kappa shape index (κ3) is 11.8. The van der Waals surface area contributed by atoms with E-state index in [9.17, 15) is 0 Å². The molecule has 0 rings (SSSR count). The highest BCUT2D eigenvalue weighted by Gasteiger charge is 2.67. The Labute approximate surface area is 216 Å². The van der Waals surface area contributed by atoms with Crippen LogP contribution in [0.15, 0.2) is 0 Å². The summed E-state index contributed by atoms with van der Waals surface area (Å²) in [6.45, 7) is 25.9. The summed E-state index contributed by atoms with van der Waals surface area (Å²) in [7, 11) is 0. The highest BCUT2D eigenvalue weighted by atomic mass is 17.3. The van der Waals surface area contributed by atoms with Gasteiger partial charge in [0, 0.05) is 0 Å². The van der Waals surface area contributed by atoms with Crippen molar-refractivity contribution in [1.29, 1.82) is 0 Å². The molecule has 0 radical (unpaired) electrons. The molecule has 0 bridgehead atoms. The molecule has 0 spiro atoms. The molecule has 2 unspecified atom stereocenters. The molecule has 0 saturated carbocycles. The normalized spacial score (nSPS) is 16.6. The fourth-order valence-electron chi connectivity index (χ4n) is 3.40. The van der Waals surface area contributed by atoms with Crippen molar-refractivity contribution in [2.75, 3.05) is 26.4 Å². The standard InChI is InChI=1S/C28H58O7/c1-13-16-18-21-32-35-28(31-22-23(4)5,34-25(8,9)10)26(11,12)27(29-19-15-3,33-24(6)7)30-20-17-14-2/h23-24H,13-22H2,1-12H3. The second-order valence-corrected chi connectivity index (χ2v) is 11.5. The first-order chi connectivity index (χ1) is 16.2. The molecular formula is C28H58O7. The minimum Gasteiger partial charge on any atom is -0.327 e. The molecule has 0 aromatic carbocycles. The Bertz CT molecular complexity index is 530. The van der Waals surface area contributed by atoms with Crippen LogP contribution in [0.5, 0.6) is 0 Å². The molecule has 0 aliphatic heterocycles. The number of rotatable bonds is 21. The maximum atomic E-state index is 6.61. The van der Waals surface area contributed by atoms with Crippen LogP contribution in [0.25, 0.3) is 0 Å². The lowest BCUT2D eigenvalue weighted by molar-refractivity contribution is -0.589. The summed E-state index contributed by atoms with van der Waals surface area (Å²) in [5.74, 6) is -2.94. The van der Waals surface area contributed by atoms with Crippen LogP contribution in [0.2, 0.25) is 0 Å². The van der Waals surface area contributed by atoms with Crippen molar-refractivity contribution in [2.24, 2.45) is 11.3 Å². The van der Waals surface area contributed by atoms with Gasteiger partial charge in [-0.3, -0.25) is 0 Å². The molecule has 0 heterocycles. The van der Waals surface area contributed by atoms with Crippen LogP contribution in [0, 0.1) is 11.3 Å². The second kappa shape index (κ2) is 16.5. The molecule has 7 nitrogen and oxygen atoms in total. The minimum absolute atomic E-state index is 0.185. The summed E-state index contributed by atoms with van der Waals surface area (Å²) < 4.78 is 32.5. The SMILES string of the molecule is CCCCCOOC(OCC(C)C)(OC(C)(C)C)C(C)(C)C(OCCC)(OCCCC)OC(C)C. The van der Waals surface area contributed by atoms with Crippen LogP contribution >= 0.6 is 0 Å². The van der Waals surface area contributed by atoms with Gasteiger partial charge in [0.25, 0.3) is 5.97 Å². The fourth-order valence-corrected chi connectivity index (χ4v) is 3.40. The van der Waals surface area contributed by atoms with Gasteiger partial charge in [0.05, 0.1) is 38.1 Å². The van der Waals surface area contributed by atoms with Crippen molar-refractivity contribution in [2.45, 2.75) is 145 Å². The average Bonchev–Trinajstić information content (AvgIpc) is 2.73. The van der Waals surface area contributed by atoms with E-state index in [1.165, 1.54) is 0 Å². The average molecular weight is 507 g/mol. The molecule has 212 valence electrons. The van der Waals surface area contributed by atoms with E-state index in [-0.39, 0.29) is 12.0 Å². The van der Waals surface area contributed by atoms with E-state index in [0.29, 0.717) is 26.4 Å². The summed E-state index contributed by atoms with van der Waals surface area (Å²) >= 11 is 0. The van der Waals surface area contributed by atoms with Gasteiger partial charge in [-0.1, -0.05) is 53.9 Å². The molecule has 0 aromatic heterocycles. The molecule has 0 fully saturated rings. The summed E-state index contributed by atoms with van der Waals surface area (Å²) in [4.78, 5) is 11.9. The van der Waals surface area contributed by atoms with Gasteiger partial charge in [-0.15, -0.1) is 0 Å². The van der Waals surface area contributed by atoms with Crippen LogP contribution in [0.1, 0.15) is 122 Å². The van der Waals surface area contributed by atoms with Gasteiger partial charge < -0.3 is 23.7 Å². The molecule has 0 amide bonds. The van der Waals surface area contributed by atoms with E-state index < -0.39 is 23.0 Å². The molecule has 0 aliphatic rings. The molecule has 2 atom stereocenters. The third-order valence-electron chi connectivity index (χ3n) is 5.26. The molecular weight excluding hydrogens is 448 g/mol. The first kappa shape index (κ1) is 34.7. The zero-order valence-electron chi connectivity index (χ0n) is 25.1. The molecule has 35 heavy (non-hydrogen) atoms. The number of hydrogen-bond acceptors (Lipinski definition) is 7. The molecule has 0 aliphatic carbocycles. The first-order valence-corrected chi connectivity index (χ1v) is 13.8. The number of ether oxygens (including phenoxy) is 5. The molecule has 0 N–H and O–H groups in total. The van der Waals surface area contributed by atoms with Crippen molar-refractivity contribution < 1.29 is 33.5 Å². The molecule has 0 aromatic rings. The van der Waals surface area contributed by atoms with E-state index in [4.69, 9.17) is 33.5 Å². The van der Waals surface area contributed by atoms with Crippen LogP contribution in [0.4, 0.5) is 0 Å². The lowest BCUT2D eigenvalue weighted by Gasteiger charge is -2.54. The van der Waals surface area contributed by atoms with Crippen LogP contribution in [-0.2, 0) is 33.5 Å². The van der Waals surface area contributed by atoms with Crippen molar-refractivity contribution in [3.63, 3.8) is 0 Å². The largest absolute Gasteiger partial charge is 0.327 e. The summed E-state index contributed by atoms with van der Waals surface area (Å²) in [6.07, 6.45) is 5.47. The Morgan fingerprint density at radius 3 is 1.71 bits per heavy atom. The minimum atomic E-state index is -1.67. The van der Waals surface area contributed by atoms with Gasteiger partial charge in [0.1, 0.15) is 5.41 Å². The van der Waals surface area contributed by atoms with Gasteiger partial charge in [-0.25, -0.2) is 4.89 Å². The van der Waals surface area contributed by atoms with Crippen LogP contribution in [0.3, 0.4) is 0 Å². The first-order valence-electron chi connectivity index (χ1n) is 13.8. The Morgan fingerprint density at radius 2 is 1.23 bits per heavy atom. The Morgan fingerprint density at radius 1 is 0.629 bits per heavy atom. The van der Waals surface area contributed by atoms with Gasteiger partial charge in [0.15, 0.2) is 0 Å². The Balaban J connectivity index is 6.69. The van der Waals surface area contributed by atoms with Gasteiger partial charge in [-0.2, -0.15) is 4.89 Å². The lowest BCUT2D eigenvalue weighted by Crippen LogP contribution is -2.67. The fraction of sp³-hybridized carbons (Fsp3) is 1.00. The maximum Gasteiger partial charge on any atom is 0.325 e. The quantitative estimate of drug-likeness (QED) is 0.0686. The predicted molar refractivity (Wildman–Crippen MR) is 141 cm³/mol. The zero-order chi connectivity index (χ0) is 27.2. The topological polar surface area (TPSA) is 64.6 Å². The number of hydrogen-bond donors (Lipinski definition) is 0. The zero-order valence-corrected chi connectivity index (χ0v) is 25.1. The summed E-state index contributed by atoms with van der Waals surface area (Å²) in [5.41, 5.74) is -1.74. The van der Waals surface area contributed by atoms with Crippen molar-refractivity contribution in [3.05, 3.63) is 0 Å². The number of unbranched alkanes of at least 4 members (excludes halogenated alkanes) is 3. The Hall–Kier alpha value is -0.280. The third-order valence-corrected chi connectivity index (χ3v) is 5.26. The van der Waals surface area contributed by atoms with E-state index in [0.717, 1.165) is 38.5 Å². The lowest BCUT2D eigenvalue weighted by atomic mass is 9.85. The van der Waals surface area contributed by atoms with E-state index in [1.807, 2.05) is 48.5 Å². The van der Waals surface area contributed by atoms with E-state index in [1.54, 1.807) is 0 Å². The monoisotopic (exact) mass is 506 g/mol. The predicted octanol–water partition coefficient (Wildman–Crippen LogP) is 7.61. The maximum absolute atomic E-state index is 6.61. The van der Waals surface area contributed by atoms with Crippen molar-refractivity contribution in [3.8, 4) is 0 Å². The van der Waals surface area contributed by atoms with Crippen LogP contribution < -0.4 is 0 Å². The van der Waals surface area contributed by atoms with Gasteiger partial charge >= 0.3 is 5.97 Å². The van der Waals surface area contributed by atoms with E-state index in [2.05, 4.69) is 34.6 Å². The molecule has 7 heteroatoms. The Kier molecular flexibility index (Phi) is 16.4. The van der Waals surface area contributed by atoms with Crippen molar-refractivity contribution >= 4 is 0 Å². The highest BCUT2D eigenvalue weighted by Crippen LogP contribution is 2.51. The highest BCUT2D eigenvalue weighted by molar-refractivity contribution is 4.92. The summed E-state index contributed by atoms with van der Waals surface area (Å²) in [5, 5.41) is 0. The van der Waals surface area contributed by atoms with Gasteiger partial charge in [0.2, 0.25) is 0 Å². The van der Waals surface area contributed by atoms with Gasteiger partial charge in [-0.05, 0) is 73.6 Å². The summed E-state index contributed by atoms with van der Waals surface area (Å²) in [6, 6.07) is 0. The second-order valence-electron chi connectivity index (χ2n) is 11.5. The van der Waals surface area contributed by atoms with E-state index >= 15 is 0 Å².